The molecule has 1 aliphatic rings. The normalized spacial score (nSPS) is 15.3. The predicted molar refractivity (Wildman–Crippen MR) is 196 cm³/mol. The maximum Gasteiger partial charge on any atom is 0.257 e. The van der Waals surface area contributed by atoms with Gasteiger partial charge in [0.1, 0.15) is 36.1 Å². The number of fused-ring (bicyclic) bond motifs is 1. The SMILES string of the molecule is COc1ccc(CN2C(=O)C(CC(=O)NCc3ccccc3F)OC(c3cccc(OCc4ccccc4)c3OC)c3cc(Cl)ccc32)c(OC)c1. The summed E-state index contributed by atoms with van der Waals surface area (Å²) in [5.41, 5.74) is 3.62. The molecule has 9 nitrogen and oxygen atoms in total. The summed E-state index contributed by atoms with van der Waals surface area (Å²) in [6.07, 6.45) is -2.56. The zero-order valence-corrected chi connectivity index (χ0v) is 29.7. The number of nitrogens with one attached hydrogen (secondary N) is 1. The highest BCUT2D eigenvalue weighted by molar-refractivity contribution is 6.30. The first kappa shape index (κ1) is 36.2. The van der Waals surface area contributed by atoms with E-state index in [-0.39, 0.29) is 26.1 Å². The fourth-order valence-electron chi connectivity index (χ4n) is 6.14. The van der Waals surface area contributed by atoms with Crippen molar-refractivity contribution in [2.24, 2.45) is 0 Å². The molecular weight excluding hydrogens is 687 g/mol. The molecule has 2 atom stereocenters. The summed E-state index contributed by atoms with van der Waals surface area (Å²) < 4.78 is 44.3. The van der Waals surface area contributed by atoms with Crippen LogP contribution in [0, 0.1) is 5.82 Å². The van der Waals surface area contributed by atoms with Crippen molar-refractivity contribution in [3.63, 3.8) is 0 Å². The van der Waals surface area contributed by atoms with Crippen LogP contribution in [0.3, 0.4) is 0 Å². The zero-order valence-electron chi connectivity index (χ0n) is 28.9. The topological polar surface area (TPSA) is 95.6 Å². The van der Waals surface area contributed by atoms with E-state index < -0.39 is 29.8 Å². The van der Waals surface area contributed by atoms with E-state index in [0.717, 1.165) is 5.56 Å². The molecule has 6 rings (SSSR count). The third-order valence-corrected chi connectivity index (χ3v) is 9.00. The van der Waals surface area contributed by atoms with E-state index in [4.69, 9.17) is 35.3 Å². The van der Waals surface area contributed by atoms with Gasteiger partial charge in [-0.15, -0.1) is 0 Å². The first-order valence-electron chi connectivity index (χ1n) is 16.6. The van der Waals surface area contributed by atoms with Gasteiger partial charge in [-0.2, -0.15) is 0 Å². The minimum atomic E-state index is -1.28. The minimum Gasteiger partial charge on any atom is -0.497 e. The van der Waals surface area contributed by atoms with Crippen LogP contribution in [0.15, 0.2) is 109 Å². The number of amides is 2. The molecule has 0 aliphatic carbocycles. The van der Waals surface area contributed by atoms with Gasteiger partial charge in [-0.05, 0) is 48.0 Å². The largest absolute Gasteiger partial charge is 0.497 e. The molecule has 5 aromatic rings. The van der Waals surface area contributed by atoms with Crippen molar-refractivity contribution < 1.29 is 37.7 Å². The van der Waals surface area contributed by atoms with Crippen molar-refractivity contribution >= 4 is 29.1 Å². The molecule has 2 amide bonds. The van der Waals surface area contributed by atoms with Gasteiger partial charge in [0.2, 0.25) is 5.91 Å². The second kappa shape index (κ2) is 16.6. The lowest BCUT2D eigenvalue weighted by Crippen LogP contribution is -2.41. The van der Waals surface area contributed by atoms with Gasteiger partial charge in [0.05, 0.1) is 40.0 Å². The van der Waals surface area contributed by atoms with Crippen LogP contribution in [0.1, 0.15) is 40.3 Å². The number of para-hydroxylation sites is 1. The van der Waals surface area contributed by atoms with E-state index in [0.29, 0.717) is 56.0 Å². The number of hydrogen-bond donors (Lipinski definition) is 1. The van der Waals surface area contributed by atoms with Crippen molar-refractivity contribution in [1.29, 1.82) is 0 Å². The van der Waals surface area contributed by atoms with Gasteiger partial charge in [-0.1, -0.05) is 72.3 Å². The summed E-state index contributed by atoms with van der Waals surface area (Å²) >= 11 is 6.62. The number of rotatable bonds is 13. The van der Waals surface area contributed by atoms with E-state index in [9.17, 15) is 14.0 Å². The number of ether oxygens (including phenoxy) is 5. The van der Waals surface area contributed by atoms with Crippen LogP contribution in [-0.4, -0.2) is 39.2 Å². The number of benzene rings is 5. The Morgan fingerprint density at radius 3 is 2.37 bits per heavy atom. The molecule has 1 aliphatic heterocycles. The lowest BCUT2D eigenvalue weighted by Gasteiger charge is -2.26. The van der Waals surface area contributed by atoms with Gasteiger partial charge in [0.15, 0.2) is 11.5 Å². The van der Waals surface area contributed by atoms with E-state index in [1.807, 2.05) is 48.5 Å². The summed E-state index contributed by atoms with van der Waals surface area (Å²) in [7, 11) is 4.63. The van der Waals surface area contributed by atoms with Gasteiger partial charge >= 0.3 is 0 Å². The smallest absolute Gasteiger partial charge is 0.257 e. The molecule has 0 spiro atoms. The Bertz CT molecular complexity index is 2040. The average molecular weight is 725 g/mol. The molecule has 0 saturated heterocycles. The molecule has 0 saturated carbocycles. The molecule has 0 aromatic heterocycles. The first-order chi connectivity index (χ1) is 25.3. The van der Waals surface area contributed by atoms with Gasteiger partial charge in [0, 0.05) is 39.9 Å². The van der Waals surface area contributed by atoms with Gasteiger partial charge in [0.25, 0.3) is 5.91 Å². The van der Waals surface area contributed by atoms with Crippen LogP contribution in [0.4, 0.5) is 10.1 Å². The zero-order chi connectivity index (χ0) is 36.6. The third-order valence-electron chi connectivity index (χ3n) is 8.77. The van der Waals surface area contributed by atoms with Crippen LogP contribution >= 0.6 is 11.6 Å². The highest BCUT2D eigenvalue weighted by Crippen LogP contribution is 2.46. The quantitative estimate of drug-likeness (QED) is 0.132. The fraction of sp³-hybridized carbons (Fsp3) is 0.220. The number of nitrogens with zero attached hydrogens (tertiary/aromatic N) is 1. The molecule has 0 fully saturated rings. The van der Waals surface area contributed by atoms with Crippen LogP contribution < -0.4 is 29.2 Å². The second-order valence-corrected chi connectivity index (χ2v) is 12.5. The van der Waals surface area contributed by atoms with E-state index in [1.165, 1.54) is 20.3 Å². The van der Waals surface area contributed by atoms with Crippen LogP contribution in [-0.2, 0) is 34.0 Å². The molecule has 52 heavy (non-hydrogen) atoms. The monoisotopic (exact) mass is 724 g/mol. The fourth-order valence-corrected chi connectivity index (χ4v) is 6.33. The van der Waals surface area contributed by atoms with E-state index in [2.05, 4.69) is 5.32 Å². The number of anilines is 1. The van der Waals surface area contributed by atoms with E-state index >= 15 is 0 Å². The van der Waals surface area contributed by atoms with Crippen molar-refractivity contribution in [3.05, 3.63) is 148 Å². The van der Waals surface area contributed by atoms with Crippen LogP contribution in [0.25, 0.3) is 0 Å². The van der Waals surface area contributed by atoms with Crippen LogP contribution in [0.5, 0.6) is 23.0 Å². The summed E-state index contributed by atoms with van der Waals surface area (Å²) in [5, 5.41) is 3.16. The number of carbonyl (C=O) groups is 2. The van der Waals surface area contributed by atoms with Gasteiger partial charge in [-0.25, -0.2) is 4.39 Å². The Hall–Kier alpha value is -5.58. The average Bonchev–Trinajstić information content (AvgIpc) is 3.27. The van der Waals surface area contributed by atoms with Crippen molar-refractivity contribution in [1.82, 2.24) is 5.32 Å². The Morgan fingerprint density at radius 1 is 0.827 bits per heavy atom. The van der Waals surface area contributed by atoms with E-state index in [1.54, 1.807) is 66.6 Å². The summed E-state index contributed by atoms with van der Waals surface area (Å²) in [4.78, 5) is 29.7. The molecular formula is C41H38ClFN2O7. The Balaban J connectivity index is 1.41. The molecule has 0 bridgehead atoms. The molecule has 0 radical (unpaired) electrons. The molecule has 1 heterocycles. The molecule has 5 aromatic carbocycles. The standard InChI is InChI=1S/C41H38ClFN2O7/c1-48-30-18-16-28(36(21-30)49-2)24-45-34-19-17-29(42)20-32(34)39(31-13-9-15-35(40(31)50-3)51-25-26-10-5-4-6-11-26)52-37(41(45)47)22-38(46)44-23-27-12-7-8-14-33(27)43/h4-21,37,39H,22-25H2,1-3H3,(H,44,46). The third kappa shape index (κ3) is 8.14. The number of halogens is 2. The Kier molecular flexibility index (Phi) is 11.6. The lowest BCUT2D eigenvalue weighted by atomic mass is 9.97. The van der Waals surface area contributed by atoms with Gasteiger partial charge in [-0.3, -0.25) is 9.59 Å². The lowest BCUT2D eigenvalue weighted by molar-refractivity contribution is -0.138. The number of carbonyl (C=O) groups excluding carboxylic acids is 2. The summed E-state index contributed by atoms with van der Waals surface area (Å²) in [5.74, 6) is 0.537. The minimum absolute atomic E-state index is 0.0624. The first-order valence-corrected chi connectivity index (χ1v) is 17.0. The summed E-state index contributed by atoms with van der Waals surface area (Å²) in [6, 6.07) is 31.8. The molecule has 2 unspecified atom stereocenters. The van der Waals surface area contributed by atoms with Gasteiger partial charge < -0.3 is 33.9 Å². The van der Waals surface area contributed by atoms with Crippen molar-refractivity contribution in [3.8, 4) is 23.0 Å². The molecule has 11 heteroatoms. The predicted octanol–water partition coefficient (Wildman–Crippen LogP) is 7.81. The maximum atomic E-state index is 14.6. The highest BCUT2D eigenvalue weighted by atomic mass is 35.5. The summed E-state index contributed by atoms with van der Waals surface area (Å²) in [6.45, 7) is 0.295. The maximum absolute atomic E-state index is 14.6. The second-order valence-electron chi connectivity index (χ2n) is 12.0. The number of hydrogen-bond acceptors (Lipinski definition) is 7. The highest BCUT2D eigenvalue weighted by Gasteiger charge is 2.39. The van der Waals surface area contributed by atoms with Crippen molar-refractivity contribution in [2.75, 3.05) is 26.2 Å². The van der Waals surface area contributed by atoms with Crippen LogP contribution in [0.2, 0.25) is 5.02 Å². The van der Waals surface area contributed by atoms with Crippen molar-refractivity contribution in [2.45, 2.75) is 38.3 Å². The Morgan fingerprint density at radius 2 is 1.62 bits per heavy atom. The molecule has 1 N–H and O–H groups in total. The Labute approximate surface area is 306 Å². The molecule has 268 valence electrons. The number of methoxy groups -OCH3 is 3.